The summed E-state index contributed by atoms with van der Waals surface area (Å²) in [5.74, 6) is 0. The molecule has 2 heterocycles. The maximum atomic E-state index is 2.56. The fourth-order valence-electron chi connectivity index (χ4n) is 2.48. The highest BCUT2D eigenvalue weighted by atomic mass is 15.3. The molecule has 2 nitrogen and oxygen atoms in total. The molecule has 2 fully saturated rings. The summed E-state index contributed by atoms with van der Waals surface area (Å²) in [4.78, 5) is 4.98. The van der Waals surface area contributed by atoms with Crippen molar-refractivity contribution in [2.24, 2.45) is 5.41 Å². The molecule has 15 heavy (non-hydrogen) atoms. The van der Waals surface area contributed by atoms with Crippen LogP contribution in [0.5, 0.6) is 0 Å². The average molecular weight is 214 g/mol. The number of nitrogens with zero attached hydrogens (tertiary/aromatic N) is 2. The van der Waals surface area contributed by atoms with E-state index >= 15 is 0 Å². The van der Waals surface area contributed by atoms with E-state index in [1.54, 1.807) is 0 Å². The minimum Gasteiger partial charge on any atom is -0.305 e. The zero-order chi connectivity index (χ0) is 12.1. The van der Waals surface area contributed by atoms with Gasteiger partial charge < -0.3 is 4.90 Å². The Balaban J connectivity index is 0.000000442. The largest absolute Gasteiger partial charge is 0.305 e. The molecular weight excluding hydrogens is 184 g/mol. The van der Waals surface area contributed by atoms with E-state index in [9.17, 15) is 0 Å². The molecule has 0 atom stereocenters. The second kappa shape index (κ2) is 6.49. The quantitative estimate of drug-likeness (QED) is 0.662. The summed E-state index contributed by atoms with van der Waals surface area (Å²) in [6.07, 6.45) is 0. The molecule has 2 aliphatic rings. The molecule has 0 aliphatic carbocycles. The Kier molecular flexibility index (Phi) is 6.46. The van der Waals surface area contributed by atoms with Crippen LogP contribution in [0.4, 0.5) is 0 Å². The van der Waals surface area contributed by atoms with Crippen LogP contribution >= 0.6 is 0 Å². The molecule has 1 spiro atoms. The van der Waals surface area contributed by atoms with Crippen molar-refractivity contribution in [1.29, 1.82) is 0 Å². The van der Waals surface area contributed by atoms with Crippen LogP contribution < -0.4 is 0 Å². The standard InChI is InChI=1S/C9H18N2.2C2H6/c1-8(2)11-6-9(7-11)4-10(3)5-9;2*1-2/h8H,4-7H2,1-3H3;2*1-2H3. The van der Waals surface area contributed by atoms with Crippen LogP contribution in [0, 0.1) is 5.41 Å². The van der Waals surface area contributed by atoms with Crippen LogP contribution in [0.15, 0.2) is 0 Å². The van der Waals surface area contributed by atoms with Gasteiger partial charge in [0.15, 0.2) is 0 Å². The van der Waals surface area contributed by atoms with Gasteiger partial charge in [0.25, 0.3) is 0 Å². The van der Waals surface area contributed by atoms with Crippen molar-refractivity contribution < 1.29 is 0 Å². The van der Waals surface area contributed by atoms with Gasteiger partial charge in [-0.05, 0) is 20.9 Å². The maximum Gasteiger partial charge on any atom is 0.0212 e. The van der Waals surface area contributed by atoms with Gasteiger partial charge in [-0.1, -0.05) is 27.7 Å². The number of hydrogen-bond donors (Lipinski definition) is 0. The second-order valence-corrected chi connectivity index (χ2v) is 4.67. The van der Waals surface area contributed by atoms with E-state index in [1.807, 2.05) is 27.7 Å². The molecule has 0 bridgehead atoms. The SMILES string of the molecule is CC.CC.CC(C)N1CC2(CN(C)C2)C1. The van der Waals surface area contributed by atoms with E-state index in [0.29, 0.717) is 0 Å². The summed E-state index contributed by atoms with van der Waals surface area (Å²) in [6.45, 7) is 17.9. The molecule has 2 aliphatic heterocycles. The van der Waals surface area contributed by atoms with Gasteiger partial charge in [0.05, 0.1) is 0 Å². The summed E-state index contributed by atoms with van der Waals surface area (Å²) in [7, 11) is 2.21. The normalized spacial score (nSPS) is 23.2. The molecule has 0 saturated carbocycles. The van der Waals surface area contributed by atoms with Crippen molar-refractivity contribution in [3.8, 4) is 0 Å². The molecule has 0 N–H and O–H groups in total. The number of likely N-dealkylation sites (tertiary alicyclic amines) is 2. The summed E-state index contributed by atoms with van der Waals surface area (Å²) < 4.78 is 0. The first-order chi connectivity index (χ1) is 7.11. The van der Waals surface area contributed by atoms with Crippen molar-refractivity contribution >= 4 is 0 Å². The summed E-state index contributed by atoms with van der Waals surface area (Å²) in [5.41, 5.74) is 0.721. The minimum atomic E-state index is 0.721. The number of hydrogen-bond acceptors (Lipinski definition) is 2. The molecule has 0 aromatic rings. The van der Waals surface area contributed by atoms with Crippen molar-refractivity contribution in [1.82, 2.24) is 9.80 Å². The highest BCUT2D eigenvalue weighted by molar-refractivity contribution is 5.05. The third-order valence-corrected chi connectivity index (χ3v) is 3.02. The molecule has 2 rings (SSSR count). The first kappa shape index (κ1) is 14.9. The zero-order valence-electron chi connectivity index (χ0n) is 11.8. The van der Waals surface area contributed by atoms with E-state index in [2.05, 4.69) is 30.7 Å². The summed E-state index contributed by atoms with van der Waals surface area (Å²) in [6, 6.07) is 0.756. The molecular formula is C13H30N2. The molecule has 2 saturated heterocycles. The van der Waals surface area contributed by atoms with Crippen molar-refractivity contribution in [3.05, 3.63) is 0 Å². The van der Waals surface area contributed by atoms with Crippen LogP contribution in [0.2, 0.25) is 0 Å². The Bertz CT molecular complexity index is 152. The topological polar surface area (TPSA) is 6.48 Å². The predicted octanol–water partition coefficient (Wildman–Crippen LogP) is 2.69. The summed E-state index contributed by atoms with van der Waals surface area (Å²) in [5, 5.41) is 0. The molecule has 2 heteroatoms. The molecule has 0 radical (unpaired) electrons. The van der Waals surface area contributed by atoms with E-state index in [-0.39, 0.29) is 0 Å². The van der Waals surface area contributed by atoms with Crippen molar-refractivity contribution in [3.63, 3.8) is 0 Å². The average Bonchev–Trinajstić information content (AvgIpc) is 2.15. The van der Waals surface area contributed by atoms with Gasteiger partial charge in [-0.25, -0.2) is 0 Å². The lowest BCUT2D eigenvalue weighted by Crippen LogP contribution is -2.72. The van der Waals surface area contributed by atoms with Gasteiger partial charge in [-0.3, -0.25) is 4.90 Å². The number of rotatable bonds is 1. The fraction of sp³-hybridized carbons (Fsp3) is 1.00. The Labute approximate surface area is 96.6 Å². The minimum absolute atomic E-state index is 0.721. The van der Waals surface area contributed by atoms with Gasteiger partial charge in [-0.2, -0.15) is 0 Å². The van der Waals surface area contributed by atoms with Crippen LogP contribution in [0.25, 0.3) is 0 Å². The van der Waals surface area contributed by atoms with Gasteiger partial charge in [0, 0.05) is 37.6 Å². The van der Waals surface area contributed by atoms with Crippen molar-refractivity contribution in [2.45, 2.75) is 47.6 Å². The smallest absolute Gasteiger partial charge is 0.0212 e. The molecule has 92 valence electrons. The monoisotopic (exact) mass is 214 g/mol. The Hall–Kier alpha value is -0.0800. The Morgan fingerprint density at radius 1 is 0.867 bits per heavy atom. The van der Waals surface area contributed by atoms with Crippen LogP contribution in [-0.2, 0) is 0 Å². The van der Waals surface area contributed by atoms with Crippen LogP contribution in [-0.4, -0.2) is 49.1 Å². The predicted molar refractivity (Wildman–Crippen MR) is 69.3 cm³/mol. The zero-order valence-corrected chi connectivity index (χ0v) is 11.8. The van der Waals surface area contributed by atoms with Gasteiger partial charge in [0.2, 0.25) is 0 Å². The Morgan fingerprint density at radius 2 is 1.27 bits per heavy atom. The lowest BCUT2D eigenvalue weighted by molar-refractivity contribution is -0.115. The van der Waals surface area contributed by atoms with E-state index < -0.39 is 0 Å². The highest BCUT2D eigenvalue weighted by Crippen LogP contribution is 2.39. The third-order valence-electron chi connectivity index (χ3n) is 3.02. The molecule has 0 aromatic heterocycles. The molecule has 0 aromatic carbocycles. The van der Waals surface area contributed by atoms with Crippen LogP contribution in [0.1, 0.15) is 41.5 Å². The fourth-order valence-corrected chi connectivity index (χ4v) is 2.48. The van der Waals surface area contributed by atoms with Gasteiger partial charge >= 0.3 is 0 Å². The maximum absolute atomic E-state index is 2.56. The third kappa shape index (κ3) is 3.46. The summed E-state index contributed by atoms with van der Waals surface area (Å²) >= 11 is 0. The first-order valence-electron chi connectivity index (χ1n) is 6.54. The van der Waals surface area contributed by atoms with Gasteiger partial charge in [0.1, 0.15) is 0 Å². The van der Waals surface area contributed by atoms with E-state index in [4.69, 9.17) is 0 Å². The lowest BCUT2D eigenvalue weighted by atomic mass is 9.72. The highest BCUT2D eigenvalue weighted by Gasteiger charge is 2.50. The molecule has 0 unspecified atom stereocenters. The second-order valence-electron chi connectivity index (χ2n) is 4.67. The molecule has 0 amide bonds. The van der Waals surface area contributed by atoms with Gasteiger partial charge in [-0.15, -0.1) is 0 Å². The van der Waals surface area contributed by atoms with E-state index in [0.717, 1.165) is 11.5 Å². The van der Waals surface area contributed by atoms with Crippen LogP contribution in [0.3, 0.4) is 0 Å². The Morgan fingerprint density at radius 3 is 1.53 bits per heavy atom. The van der Waals surface area contributed by atoms with Crippen molar-refractivity contribution in [2.75, 3.05) is 33.2 Å². The lowest BCUT2D eigenvalue weighted by Gasteiger charge is -2.60. The van der Waals surface area contributed by atoms with E-state index in [1.165, 1.54) is 26.2 Å². The first-order valence-corrected chi connectivity index (χ1v) is 6.54.